The van der Waals surface area contributed by atoms with Gasteiger partial charge in [-0.25, -0.2) is 4.98 Å². The Balaban J connectivity index is 1.15. The Hall–Kier alpha value is -2.74. The van der Waals surface area contributed by atoms with Crippen LogP contribution in [0.4, 0.5) is 0 Å². The maximum Gasteiger partial charge on any atom is 0.234 e. The summed E-state index contributed by atoms with van der Waals surface area (Å²) in [5.74, 6) is 0.947. The van der Waals surface area contributed by atoms with Crippen LogP contribution >= 0.6 is 11.3 Å². The molecule has 2 heterocycles. The molecular formula is C25H30N4O2S. The minimum absolute atomic E-state index is 0.0963. The van der Waals surface area contributed by atoms with Crippen molar-refractivity contribution in [1.29, 1.82) is 0 Å². The lowest BCUT2D eigenvalue weighted by molar-refractivity contribution is -0.122. The van der Waals surface area contributed by atoms with Crippen molar-refractivity contribution in [3.05, 3.63) is 71.2 Å². The van der Waals surface area contributed by atoms with Crippen molar-refractivity contribution in [3.63, 3.8) is 0 Å². The molecule has 1 aliphatic rings. The number of hydrogen-bond donors (Lipinski definition) is 1. The van der Waals surface area contributed by atoms with Crippen molar-refractivity contribution >= 4 is 17.2 Å². The smallest absolute Gasteiger partial charge is 0.234 e. The van der Waals surface area contributed by atoms with Crippen molar-refractivity contribution in [3.8, 4) is 16.3 Å². The second kappa shape index (κ2) is 11.2. The molecule has 0 bridgehead atoms. The Morgan fingerprint density at radius 1 is 1.03 bits per heavy atom. The van der Waals surface area contributed by atoms with Gasteiger partial charge >= 0.3 is 0 Å². The maximum atomic E-state index is 12.3. The van der Waals surface area contributed by atoms with E-state index < -0.39 is 0 Å². The Kier molecular flexibility index (Phi) is 7.87. The Labute approximate surface area is 193 Å². The molecule has 0 atom stereocenters. The van der Waals surface area contributed by atoms with E-state index in [9.17, 15) is 4.79 Å². The molecule has 7 heteroatoms. The molecule has 2 aromatic carbocycles. The summed E-state index contributed by atoms with van der Waals surface area (Å²) in [4.78, 5) is 21.8. The zero-order chi connectivity index (χ0) is 22.2. The first-order valence-corrected chi connectivity index (χ1v) is 11.9. The van der Waals surface area contributed by atoms with Gasteiger partial charge in [-0.3, -0.25) is 14.6 Å². The number of nitrogens with zero attached hydrogens (tertiary/aromatic N) is 3. The summed E-state index contributed by atoms with van der Waals surface area (Å²) in [6, 6.07) is 18.3. The van der Waals surface area contributed by atoms with Gasteiger partial charge in [-0.15, -0.1) is 11.3 Å². The Morgan fingerprint density at radius 3 is 2.47 bits per heavy atom. The van der Waals surface area contributed by atoms with E-state index in [1.54, 1.807) is 18.4 Å². The van der Waals surface area contributed by atoms with Crippen molar-refractivity contribution < 1.29 is 9.53 Å². The summed E-state index contributed by atoms with van der Waals surface area (Å²) in [7, 11) is 1.66. The number of ether oxygens (including phenoxy) is 1. The van der Waals surface area contributed by atoms with Crippen LogP contribution in [0.3, 0.4) is 0 Å². The van der Waals surface area contributed by atoms with Gasteiger partial charge in [0.05, 0.1) is 19.3 Å². The number of nitrogens with one attached hydrogen (secondary N) is 1. The molecular weight excluding hydrogens is 420 g/mol. The topological polar surface area (TPSA) is 57.7 Å². The number of aromatic nitrogens is 1. The van der Waals surface area contributed by atoms with Crippen LogP contribution < -0.4 is 10.1 Å². The lowest BCUT2D eigenvalue weighted by atomic mass is 10.1. The van der Waals surface area contributed by atoms with Crippen molar-refractivity contribution in [1.82, 2.24) is 20.1 Å². The average molecular weight is 451 g/mol. The lowest BCUT2D eigenvalue weighted by Crippen LogP contribution is -2.49. The quantitative estimate of drug-likeness (QED) is 0.542. The minimum atomic E-state index is 0.0963. The van der Waals surface area contributed by atoms with E-state index in [4.69, 9.17) is 9.72 Å². The number of carbonyl (C=O) groups excluding carboxylic acids is 1. The second-order valence-electron chi connectivity index (χ2n) is 8.01. The molecule has 1 fully saturated rings. The highest BCUT2D eigenvalue weighted by atomic mass is 32.1. The predicted octanol–water partition coefficient (Wildman–Crippen LogP) is 3.30. The highest BCUT2D eigenvalue weighted by Gasteiger charge is 2.19. The van der Waals surface area contributed by atoms with Gasteiger partial charge in [0.2, 0.25) is 5.91 Å². The number of thiazole rings is 1. The van der Waals surface area contributed by atoms with Gasteiger partial charge in [-0.1, -0.05) is 42.5 Å². The molecule has 168 valence electrons. The molecule has 6 nitrogen and oxygen atoms in total. The van der Waals surface area contributed by atoms with Crippen molar-refractivity contribution in [2.45, 2.75) is 13.0 Å². The zero-order valence-corrected chi connectivity index (χ0v) is 19.3. The fourth-order valence-electron chi connectivity index (χ4n) is 3.82. The average Bonchev–Trinajstić information content (AvgIpc) is 3.30. The van der Waals surface area contributed by atoms with Gasteiger partial charge in [-0.05, 0) is 24.1 Å². The first-order chi connectivity index (χ1) is 15.7. The van der Waals surface area contributed by atoms with Gasteiger partial charge in [0.1, 0.15) is 10.8 Å². The summed E-state index contributed by atoms with van der Waals surface area (Å²) in [6.45, 7) is 5.70. The first-order valence-electron chi connectivity index (χ1n) is 11.0. The number of amides is 1. The molecule has 1 aromatic heterocycles. The highest BCUT2D eigenvalue weighted by Crippen LogP contribution is 2.24. The molecule has 1 saturated heterocycles. The summed E-state index contributed by atoms with van der Waals surface area (Å²) >= 11 is 1.70. The summed E-state index contributed by atoms with van der Waals surface area (Å²) in [6.07, 6.45) is 0.822. The van der Waals surface area contributed by atoms with Crippen LogP contribution in [0.15, 0.2) is 60.0 Å². The van der Waals surface area contributed by atoms with Crippen LogP contribution in [0.25, 0.3) is 10.6 Å². The molecule has 32 heavy (non-hydrogen) atoms. The van der Waals surface area contributed by atoms with Gasteiger partial charge in [0, 0.05) is 50.2 Å². The number of carbonyl (C=O) groups is 1. The van der Waals surface area contributed by atoms with Crippen LogP contribution in [0.5, 0.6) is 5.75 Å². The summed E-state index contributed by atoms with van der Waals surface area (Å²) < 4.78 is 5.17. The maximum absolute atomic E-state index is 12.3. The third-order valence-electron chi connectivity index (χ3n) is 5.69. The fraction of sp³-hybridized carbons (Fsp3) is 0.360. The zero-order valence-electron chi connectivity index (χ0n) is 18.5. The SMILES string of the molecule is COc1ccc(CCNC(=O)CN2CCN(Cc3csc(-c4ccccc4)n3)CC2)cc1. The molecule has 1 amide bonds. The Bertz CT molecular complexity index is 983. The fourth-order valence-corrected chi connectivity index (χ4v) is 4.64. The molecule has 0 spiro atoms. The number of piperazine rings is 1. The van der Waals surface area contributed by atoms with Gasteiger partial charge in [0.25, 0.3) is 0 Å². The van der Waals surface area contributed by atoms with Crippen LogP contribution in [0, 0.1) is 0 Å². The molecule has 0 unspecified atom stereocenters. The Morgan fingerprint density at radius 2 is 1.75 bits per heavy atom. The van der Waals surface area contributed by atoms with E-state index in [0.29, 0.717) is 13.1 Å². The van der Waals surface area contributed by atoms with E-state index in [2.05, 4.69) is 32.6 Å². The van der Waals surface area contributed by atoms with E-state index in [0.717, 1.165) is 55.6 Å². The van der Waals surface area contributed by atoms with E-state index in [1.807, 2.05) is 42.5 Å². The normalized spacial score (nSPS) is 14.9. The van der Waals surface area contributed by atoms with E-state index in [1.165, 1.54) is 11.1 Å². The molecule has 1 aliphatic heterocycles. The molecule has 3 aromatic rings. The van der Waals surface area contributed by atoms with Crippen molar-refractivity contribution in [2.24, 2.45) is 0 Å². The first kappa shape index (κ1) is 22.5. The molecule has 1 N–H and O–H groups in total. The van der Waals surface area contributed by atoms with Gasteiger partial charge in [-0.2, -0.15) is 0 Å². The second-order valence-corrected chi connectivity index (χ2v) is 8.87. The number of benzene rings is 2. The third-order valence-corrected chi connectivity index (χ3v) is 6.63. The molecule has 0 aliphatic carbocycles. The van der Waals surface area contributed by atoms with E-state index >= 15 is 0 Å². The van der Waals surface area contributed by atoms with Crippen LogP contribution in [0.1, 0.15) is 11.3 Å². The largest absolute Gasteiger partial charge is 0.497 e. The van der Waals surface area contributed by atoms with Crippen molar-refractivity contribution in [2.75, 3.05) is 46.4 Å². The lowest BCUT2D eigenvalue weighted by Gasteiger charge is -2.33. The van der Waals surface area contributed by atoms with Crippen LogP contribution in [0.2, 0.25) is 0 Å². The minimum Gasteiger partial charge on any atom is -0.497 e. The number of methoxy groups -OCH3 is 1. The highest BCUT2D eigenvalue weighted by molar-refractivity contribution is 7.13. The molecule has 0 radical (unpaired) electrons. The predicted molar refractivity (Wildman–Crippen MR) is 129 cm³/mol. The van der Waals surface area contributed by atoms with Crippen LogP contribution in [-0.4, -0.2) is 67.1 Å². The molecule has 4 rings (SSSR count). The van der Waals surface area contributed by atoms with Crippen LogP contribution in [-0.2, 0) is 17.8 Å². The standard InChI is InChI=1S/C25H30N4O2S/c1-31-23-9-7-20(8-10-23)11-12-26-24(30)18-29-15-13-28(14-16-29)17-22-19-32-25(27-22)21-5-3-2-4-6-21/h2-10,19H,11-18H2,1H3,(H,26,30). The summed E-state index contributed by atoms with van der Waals surface area (Å²) in [5.41, 5.74) is 3.49. The third kappa shape index (κ3) is 6.38. The van der Waals surface area contributed by atoms with Gasteiger partial charge in [0.15, 0.2) is 0 Å². The molecule has 0 saturated carbocycles. The number of hydrogen-bond acceptors (Lipinski definition) is 6. The van der Waals surface area contributed by atoms with E-state index in [-0.39, 0.29) is 5.91 Å². The summed E-state index contributed by atoms with van der Waals surface area (Å²) in [5, 5.41) is 6.27. The monoisotopic (exact) mass is 450 g/mol. The van der Waals surface area contributed by atoms with Gasteiger partial charge < -0.3 is 10.1 Å². The number of rotatable bonds is 9.